The molecule has 0 saturated carbocycles. The predicted octanol–water partition coefficient (Wildman–Crippen LogP) is 2.80. The molecule has 4 heterocycles. The maximum absolute atomic E-state index is 5.48. The topological polar surface area (TPSA) is 93.4 Å². The summed E-state index contributed by atoms with van der Waals surface area (Å²) in [6.45, 7) is 4.83. The van der Waals surface area contributed by atoms with Gasteiger partial charge in [-0.15, -0.1) is 0 Å². The summed E-state index contributed by atoms with van der Waals surface area (Å²) in [5.74, 6) is 1.22. The molecule has 0 unspecified atom stereocenters. The van der Waals surface area contributed by atoms with Crippen LogP contribution < -0.4 is 10.3 Å². The summed E-state index contributed by atoms with van der Waals surface area (Å²) in [6, 6.07) is 12.0. The van der Waals surface area contributed by atoms with E-state index in [0.29, 0.717) is 30.6 Å². The van der Waals surface area contributed by atoms with Gasteiger partial charge in [-0.1, -0.05) is 29.8 Å². The summed E-state index contributed by atoms with van der Waals surface area (Å²) in [4.78, 5) is 15.9. The van der Waals surface area contributed by atoms with Crippen LogP contribution in [0.1, 0.15) is 11.1 Å². The van der Waals surface area contributed by atoms with Crippen molar-refractivity contribution in [1.82, 2.24) is 24.7 Å². The molecule has 9 nitrogen and oxygen atoms in total. The monoisotopic (exact) mass is 414 g/mol. The van der Waals surface area contributed by atoms with Crippen LogP contribution in [0.5, 0.6) is 0 Å². The van der Waals surface area contributed by atoms with E-state index in [-0.39, 0.29) is 0 Å². The number of rotatable bonds is 5. The molecule has 1 fully saturated rings. The van der Waals surface area contributed by atoms with Crippen LogP contribution in [0.3, 0.4) is 0 Å². The Balaban J connectivity index is 1.54. The first kappa shape index (κ1) is 19.1. The number of hydrogen-bond acceptors (Lipinski definition) is 8. The Kier molecular flexibility index (Phi) is 5.24. The van der Waals surface area contributed by atoms with Gasteiger partial charge < -0.3 is 9.64 Å². The van der Waals surface area contributed by atoms with Crippen LogP contribution in [-0.4, -0.2) is 57.3 Å². The first-order valence-corrected chi connectivity index (χ1v) is 10.1. The standard InChI is InChI=1S/C22H22N8O/c1-16-4-2-5-17(12-16)13-24-28-20-19-15-25-30(18-6-3-7-23-14-18)21(19)27-22(26-20)29-8-10-31-11-9-29/h2-7,12-15H,8-11H2,1H3,(H,26,27,28)/b24-13+. The van der Waals surface area contributed by atoms with E-state index in [9.17, 15) is 0 Å². The van der Waals surface area contributed by atoms with Gasteiger partial charge in [0, 0.05) is 19.3 Å². The highest BCUT2D eigenvalue weighted by Crippen LogP contribution is 2.26. The number of fused-ring (bicyclic) bond motifs is 1. The van der Waals surface area contributed by atoms with Crippen molar-refractivity contribution in [3.8, 4) is 5.69 Å². The van der Waals surface area contributed by atoms with Crippen molar-refractivity contribution < 1.29 is 4.74 Å². The molecule has 1 aromatic carbocycles. The Bertz CT molecular complexity index is 1210. The second-order valence-corrected chi connectivity index (χ2v) is 7.26. The van der Waals surface area contributed by atoms with E-state index in [4.69, 9.17) is 14.7 Å². The van der Waals surface area contributed by atoms with Crippen LogP contribution in [0.25, 0.3) is 16.7 Å². The van der Waals surface area contributed by atoms with Crippen LogP contribution in [0.4, 0.5) is 11.8 Å². The number of morpholine rings is 1. The largest absolute Gasteiger partial charge is 0.378 e. The summed E-state index contributed by atoms with van der Waals surface area (Å²) >= 11 is 0. The number of nitrogens with zero attached hydrogens (tertiary/aromatic N) is 7. The zero-order valence-corrected chi connectivity index (χ0v) is 17.1. The second kappa shape index (κ2) is 8.49. The molecule has 0 atom stereocenters. The van der Waals surface area contributed by atoms with Gasteiger partial charge in [0.05, 0.1) is 42.9 Å². The summed E-state index contributed by atoms with van der Waals surface area (Å²) in [5, 5.41) is 9.72. The molecule has 0 radical (unpaired) electrons. The third kappa shape index (κ3) is 4.08. The summed E-state index contributed by atoms with van der Waals surface area (Å²) < 4.78 is 7.25. The van der Waals surface area contributed by atoms with Gasteiger partial charge in [0.2, 0.25) is 5.95 Å². The molecule has 0 spiro atoms. The molecule has 5 rings (SSSR count). The van der Waals surface area contributed by atoms with Gasteiger partial charge in [-0.2, -0.15) is 20.2 Å². The Hall–Kier alpha value is -3.85. The van der Waals surface area contributed by atoms with Crippen molar-refractivity contribution in [1.29, 1.82) is 0 Å². The molecule has 3 aromatic heterocycles. The number of nitrogens with one attached hydrogen (secondary N) is 1. The minimum Gasteiger partial charge on any atom is -0.378 e. The number of aryl methyl sites for hydroxylation is 1. The number of hydrogen-bond donors (Lipinski definition) is 1. The fourth-order valence-electron chi connectivity index (χ4n) is 3.47. The molecule has 9 heteroatoms. The summed E-state index contributed by atoms with van der Waals surface area (Å²) in [5.41, 5.74) is 6.81. The van der Waals surface area contributed by atoms with E-state index in [1.54, 1.807) is 29.5 Å². The Morgan fingerprint density at radius 1 is 1.10 bits per heavy atom. The fraction of sp³-hybridized carbons (Fsp3) is 0.227. The number of pyridine rings is 1. The predicted molar refractivity (Wildman–Crippen MR) is 120 cm³/mol. The van der Waals surface area contributed by atoms with Crippen molar-refractivity contribution in [2.24, 2.45) is 5.10 Å². The molecular weight excluding hydrogens is 392 g/mol. The van der Waals surface area contributed by atoms with Gasteiger partial charge in [0.25, 0.3) is 0 Å². The summed E-state index contributed by atoms with van der Waals surface area (Å²) in [7, 11) is 0. The van der Waals surface area contributed by atoms with E-state index in [1.165, 1.54) is 5.56 Å². The Morgan fingerprint density at radius 3 is 2.81 bits per heavy atom. The maximum atomic E-state index is 5.48. The third-order valence-electron chi connectivity index (χ3n) is 5.03. The van der Waals surface area contributed by atoms with Crippen LogP contribution in [0.2, 0.25) is 0 Å². The highest BCUT2D eigenvalue weighted by molar-refractivity contribution is 5.89. The SMILES string of the molecule is Cc1cccc(/C=N/Nc2nc(N3CCOCC3)nc3c2cnn3-c2cccnc2)c1. The fourth-order valence-corrected chi connectivity index (χ4v) is 3.47. The van der Waals surface area contributed by atoms with Gasteiger partial charge in [-0.3, -0.25) is 10.4 Å². The molecule has 1 N–H and O–H groups in total. The molecule has 156 valence electrons. The Morgan fingerprint density at radius 2 is 2.00 bits per heavy atom. The molecule has 0 bridgehead atoms. The highest BCUT2D eigenvalue weighted by Gasteiger charge is 2.19. The lowest BCUT2D eigenvalue weighted by atomic mass is 10.2. The normalized spacial score (nSPS) is 14.4. The highest BCUT2D eigenvalue weighted by atomic mass is 16.5. The van der Waals surface area contributed by atoms with Crippen LogP contribution >= 0.6 is 0 Å². The van der Waals surface area contributed by atoms with Crippen molar-refractivity contribution in [3.63, 3.8) is 0 Å². The maximum Gasteiger partial charge on any atom is 0.229 e. The number of anilines is 2. The van der Waals surface area contributed by atoms with Gasteiger partial charge in [0.1, 0.15) is 0 Å². The minimum atomic E-state index is 0.602. The number of hydrazone groups is 1. The average Bonchev–Trinajstić information content (AvgIpc) is 3.24. The molecule has 1 aliphatic rings. The van der Waals surface area contributed by atoms with Crippen molar-refractivity contribution in [3.05, 3.63) is 66.1 Å². The lowest BCUT2D eigenvalue weighted by Gasteiger charge is -2.27. The molecule has 0 aliphatic carbocycles. The summed E-state index contributed by atoms with van der Waals surface area (Å²) in [6.07, 6.45) is 7.01. The minimum absolute atomic E-state index is 0.602. The van der Waals surface area contributed by atoms with E-state index in [2.05, 4.69) is 44.6 Å². The van der Waals surface area contributed by atoms with Crippen LogP contribution in [0, 0.1) is 6.92 Å². The van der Waals surface area contributed by atoms with Gasteiger partial charge in [-0.05, 0) is 24.6 Å². The molecular formula is C22H22N8O. The van der Waals surface area contributed by atoms with Gasteiger partial charge in [0.15, 0.2) is 11.5 Å². The molecule has 1 aliphatic heterocycles. The molecule has 31 heavy (non-hydrogen) atoms. The lowest BCUT2D eigenvalue weighted by molar-refractivity contribution is 0.122. The molecule has 1 saturated heterocycles. The number of benzene rings is 1. The van der Waals surface area contributed by atoms with Crippen molar-refractivity contribution in [2.75, 3.05) is 36.6 Å². The number of ether oxygens (including phenoxy) is 1. The van der Waals surface area contributed by atoms with E-state index >= 15 is 0 Å². The first-order chi connectivity index (χ1) is 15.3. The zero-order chi connectivity index (χ0) is 21.0. The zero-order valence-electron chi connectivity index (χ0n) is 17.1. The first-order valence-electron chi connectivity index (χ1n) is 10.1. The third-order valence-corrected chi connectivity index (χ3v) is 5.03. The number of aromatic nitrogens is 5. The van der Waals surface area contributed by atoms with E-state index in [1.807, 2.05) is 24.3 Å². The van der Waals surface area contributed by atoms with E-state index < -0.39 is 0 Å². The Labute approximate surface area is 179 Å². The van der Waals surface area contributed by atoms with Crippen LogP contribution in [-0.2, 0) is 4.74 Å². The molecule has 0 amide bonds. The van der Waals surface area contributed by atoms with Crippen LogP contribution in [0.15, 0.2) is 60.1 Å². The average molecular weight is 414 g/mol. The van der Waals surface area contributed by atoms with E-state index in [0.717, 1.165) is 29.7 Å². The smallest absolute Gasteiger partial charge is 0.229 e. The van der Waals surface area contributed by atoms with Gasteiger partial charge >= 0.3 is 0 Å². The van der Waals surface area contributed by atoms with Gasteiger partial charge in [-0.25, -0.2) is 4.68 Å². The lowest BCUT2D eigenvalue weighted by Crippen LogP contribution is -2.37. The second-order valence-electron chi connectivity index (χ2n) is 7.26. The van der Waals surface area contributed by atoms with Crippen molar-refractivity contribution in [2.45, 2.75) is 6.92 Å². The van der Waals surface area contributed by atoms with Crippen molar-refractivity contribution >= 4 is 29.0 Å². The quantitative estimate of drug-likeness (QED) is 0.396. The molecule has 4 aromatic rings.